The first-order valence-corrected chi connectivity index (χ1v) is 14.4. The van der Waals surface area contributed by atoms with E-state index in [0.717, 1.165) is 5.69 Å². The summed E-state index contributed by atoms with van der Waals surface area (Å²) in [6.45, 7) is 3.83. The van der Waals surface area contributed by atoms with Crippen LogP contribution >= 0.6 is 11.6 Å². The molecule has 1 aliphatic heterocycles. The molecule has 0 unspecified atom stereocenters. The topological polar surface area (TPSA) is 195 Å². The number of hydrogen-bond donors (Lipinski definition) is 6. The Bertz CT molecular complexity index is 1970. The van der Waals surface area contributed by atoms with E-state index in [2.05, 4.69) is 9.98 Å². The van der Waals surface area contributed by atoms with Crippen molar-refractivity contribution in [3.8, 4) is 11.5 Å². The van der Waals surface area contributed by atoms with Crippen molar-refractivity contribution in [3.05, 3.63) is 112 Å². The largest absolute Gasteiger partial charge is 0.507 e. The molecule has 5 aromatic carbocycles. The summed E-state index contributed by atoms with van der Waals surface area (Å²) in [5.41, 5.74) is 11.9. The van der Waals surface area contributed by atoms with Crippen LogP contribution in [0.25, 0.3) is 21.5 Å². The van der Waals surface area contributed by atoms with Gasteiger partial charge in [-0.2, -0.15) is 4.99 Å². The van der Waals surface area contributed by atoms with Crippen LogP contribution in [0.15, 0.2) is 94.9 Å². The number of aromatic carboxylic acids is 2. The van der Waals surface area contributed by atoms with Gasteiger partial charge in [0.2, 0.25) is 11.9 Å². The number of carbonyl (C=O) groups is 2. The third-order valence-corrected chi connectivity index (χ3v) is 7.80. The van der Waals surface area contributed by atoms with Crippen molar-refractivity contribution in [2.45, 2.75) is 25.9 Å². The van der Waals surface area contributed by atoms with Gasteiger partial charge in [0.05, 0.1) is 0 Å². The minimum absolute atomic E-state index is 0.0407. The van der Waals surface area contributed by atoms with E-state index in [0.29, 0.717) is 43.7 Å². The molecule has 0 spiro atoms. The van der Waals surface area contributed by atoms with Crippen molar-refractivity contribution in [1.29, 1.82) is 0 Å². The van der Waals surface area contributed by atoms with Crippen molar-refractivity contribution >= 4 is 62.7 Å². The molecule has 0 aromatic heterocycles. The maximum absolute atomic E-state index is 11.6. The lowest BCUT2D eigenvalue weighted by Gasteiger charge is -2.38. The first-order valence-electron chi connectivity index (χ1n) is 14.0. The quantitative estimate of drug-likeness (QED) is 0.135. The smallest absolute Gasteiger partial charge is 0.339 e. The fraction of sp³-hybridized carbons (Fsp3) is 0.118. The Kier molecular flexibility index (Phi) is 8.45. The van der Waals surface area contributed by atoms with E-state index in [9.17, 15) is 30.0 Å². The van der Waals surface area contributed by atoms with Crippen LogP contribution in [0.2, 0.25) is 5.02 Å². The number of nitrogens with two attached hydrogens (primary N) is 2. The van der Waals surface area contributed by atoms with Crippen LogP contribution < -0.4 is 16.4 Å². The van der Waals surface area contributed by atoms with E-state index < -0.39 is 29.1 Å². The molecule has 46 heavy (non-hydrogen) atoms. The number of aliphatic imine (C=N–C) groups is 2. The average molecular weight is 640 g/mol. The Hall–Kier alpha value is -5.81. The van der Waals surface area contributed by atoms with E-state index >= 15 is 0 Å². The second kappa shape index (κ2) is 12.3. The molecule has 12 heteroatoms. The van der Waals surface area contributed by atoms with Crippen LogP contribution in [0.4, 0.5) is 5.69 Å². The SMILES string of the molecule is CC1(C)N=C(N)N=C(N)N1c1ccc(Cl)cc1.O=C(O)c1cc2ccccc2c(Cc2c(O)c(C(=O)O)cc3ccccc23)c1O. The number of hydrogen-bond acceptors (Lipinski definition) is 9. The lowest BCUT2D eigenvalue weighted by Crippen LogP contribution is -2.54. The van der Waals surface area contributed by atoms with Crippen LogP contribution in [-0.2, 0) is 6.42 Å². The first kappa shape index (κ1) is 31.6. The molecular formula is C34H30ClN5O6. The van der Waals surface area contributed by atoms with E-state index in [1.807, 2.05) is 26.0 Å². The number of phenols is 2. The molecule has 0 amide bonds. The van der Waals surface area contributed by atoms with Crippen molar-refractivity contribution in [2.75, 3.05) is 4.90 Å². The van der Waals surface area contributed by atoms with Gasteiger partial charge in [0, 0.05) is 28.3 Å². The van der Waals surface area contributed by atoms with Crippen LogP contribution in [0.1, 0.15) is 45.7 Å². The van der Waals surface area contributed by atoms with Crippen molar-refractivity contribution in [1.82, 2.24) is 0 Å². The molecule has 6 rings (SSSR count). The Labute approximate surface area is 268 Å². The summed E-state index contributed by atoms with van der Waals surface area (Å²) in [4.78, 5) is 33.3. The van der Waals surface area contributed by atoms with E-state index in [-0.39, 0.29) is 23.5 Å². The summed E-state index contributed by atoms with van der Waals surface area (Å²) in [5, 5.41) is 43.5. The van der Waals surface area contributed by atoms with Crippen LogP contribution in [0, 0.1) is 0 Å². The summed E-state index contributed by atoms with van der Waals surface area (Å²) < 4.78 is 0. The van der Waals surface area contributed by atoms with Crippen molar-refractivity contribution in [2.24, 2.45) is 21.5 Å². The summed E-state index contributed by atoms with van der Waals surface area (Å²) in [6.07, 6.45) is -0.0407. The average Bonchev–Trinajstić information content (AvgIpc) is 2.99. The Balaban J connectivity index is 0.000000209. The third kappa shape index (κ3) is 6.08. The number of anilines is 1. The van der Waals surface area contributed by atoms with Gasteiger partial charge >= 0.3 is 11.9 Å². The molecule has 0 saturated heterocycles. The summed E-state index contributed by atoms with van der Waals surface area (Å²) in [7, 11) is 0. The molecule has 234 valence electrons. The predicted molar refractivity (Wildman–Crippen MR) is 179 cm³/mol. The highest BCUT2D eigenvalue weighted by Gasteiger charge is 2.32. The van der Waals surface area contributed by atoms with Gasteiger partial charge in [-0.05, 0) is 71.8 Å². The lowest BCUT2D eigenvalue weighted by molar-refractivity contribution is 0.0682. The number of guanidine groups is 2. The maximum Gasteiger partial charge on any atom is 0.339 e. The van der Waals surface area contributed by atoms with Gasteiger partial charge in [0.15, 0.2) is 0 Å². The molecule has 1 heterocycles. The molecule has 0 radical (unpaired) electrons. The zero-order valence-electron chi connectivity index (χ0n) is 24.8. The fourth-order valence-electron chi connectivity index (χ4n) is 5.53. The van der Waals surface area contributed by atoms with Gasteiger partial charge < -0.3 is 31.9 Å². The second-order valence-corrected chi connectivity index (χ2v) is 11.4. The van der Waals surface area contributed by atoms with Gasteiger partial charge in [0.1, 0.15) is 28.3 Å². The molecule has 5 aromatic rings. The number of benzene rings is 5. The number of halogens is 1. The minimum Gasteiger partial charge on any atom is -0.507 e. The highest BCUT2D eigenvalue weighted by Crippen LogP contribution is 2.39. The summed E-state index contributed by atoms with van der Waals surface area (Å²) in [5.74, 6) is -2.84. The molecule has 0 atom stereocenters. The van der Waals surface area contributed by atoms with Crippen molar-refractivity contribution < 1.29 is 30.0 Å². The van der Waals surface area contributed by atoms with Gasteiger partial charge in [-0.1, -0.05) is 60.1 Å². The number of carboxylic acids is 2. The summed E-state index contributed by atoms with van der Waals surface area (Å²) in [6, 6.07) is 24.1. The Morgan fingerprint density at radius 3 is 1.67 bits per heavy atom. The second-order valence-electron chi connectivity index (χ2n) is 11.0. The van der Waals surface area contributed by atoms with E-state index in [1.54, 1.807) is 65.6 Å². The molecule has 0 fully saturated rings. The number of aromatic hydroxyl groups is 2. The standard InChI is InChI=1S/C23H16O6.C11H14ClN5/c24-20-16(14-7-3-1-5-12(14)9-18(20)22(26)27)11-17-15-8-4-2-6-13(15)10-19(21(17)25)23(28)29;1-11(2)16-9(13)15-10(14)17(11)8-5-3-7(12)4-6-8/h1-10,24-25H,11H2,(H,26,27)(H,28,29);3-6H,1-2H3,(H4,13,14,15,16). The molecule has 11 nitrogen and oxygen atoms in total. The zero-order chi connectivity index (χ0) is 33.3. The molecular weight excluding hydrogens is 610 g/mol. The Morgan fingerprint density at radius 1 is 0.783 bits per heavy atom. The number of nitrogens with zero attached hydrogens (tertiary/aromatic N) is 3. The molecule has 8 N–H and O–H groups in total. The first-order chi connectivity index (χ1) is 21.8. The minimum atomic E-state index is -1.28. The number of rotatable bonds is 5. The van der Waals surface area contributed by atoms with E-state index in [4.69, 9.17) is 23.1 Å². The maximum atomic E-state index is 11.6. The monoisotopic (exact) mass is 639 g/mol. The van der Waals surface area contributed by atoms with Gasteiger partial charge in [-0.25, -0.2) is 14.6 Å². The van der Waals surface area contributed by atoms with Gasteiger partial charge in [-0.15, -0.1) is 0 Å². The van der Waals surface area contributed by atoms with Crippen molar-refractivity contribution in [3.63, 3.8) is 0 Å². The van der Waals surface area contributed by atoms with Crippen LogP contribution in [0.3, 0.4) is 0 Å². The van der Waals surface area contributed by atoms with Crippen LogP contribution in [-0.4, -0.2) is 49.9 Å². The lowest BCUT2D eigenvalue weighted by atomic mass is 9.90. The third-order valence-electron chi connectivity index (χ3n) is 7.55. The van der Waals surface area contributed by atoms with Gasteiger partial charge in [0.25, 0.3) is 0 Å². The fourth-order valence-corrected chi connectivity index (χ4v) is 5.65. The number of fused-ring (bicyclic) bond motifs is 2. The van der Waals surface area contributed by atoms with E-state index in [1.165, 1.54) is 12.1 Å². The molecule has 1 aliphatic rings. The molecule has 0 bridgehead atoms. The Morgan fingerprint density at radius 2 is 1.24 bits per heavy atom. The normalized spacial score (nSPS) is 13.8. The zero-order valence-corrected chi connectivity index (χ0v) is 25.5. The van der Waals surface area contributed by atoms with Crippen LogP contribution in [0.5, 0.6) is 11.5 Å². The highest BCUT2D eigenvalue weighted by atomic mass is 35.5. The van der Waals surface area contributed by atoms with Gasteiger partial charge in [-0.3, -0.25) is 4.90 Å². The molecule has 0 saturated carbocycles. The predicted octanol–water partition coefficient (Wildman–Crippen LogP) is 5.92. The molecule has 0 aliphatic carbocycles. The number of carboxylic acid groups (broad SMARTS) is 2. The highest BCUT2D eigenvalue weighted by molar-refractivity contribution is 6.30. The summed E-state index contributed by atoms with van der Waals surface area (Å²) >= 11 is 5.85.